The summed E-state index contributed by atoms with van der Waals surface area (Å²) in [6.45, 7) is 2.26. The highest BCUT2D eigenvalue weighted by molar-refractivity contribution is 5.14. The Hall–Kier alpha value is -0.400. The quantitative estimate of drug-likeness (QED) is 0.455. The van der Waals surface area contributed by atoms with E-state index in [1.54, 1.807) is 0 Å². The average Bonchev–Trinajstić information content (AvgIpc) is 2.38. The molecule has 0 nitrogen and oxygen atoms in total. The van der Waals surface area contributed by atoms with Gasteiger partial charge in [-0.2, -0.15) is 8.78 Å². The molecule has 2 rings (SSSR count). The molecule has 0 unspecified atom stereocenters. The summed E-state index contributed by atoms with van der Waals surface area (Å²) in [4.78, 5) is 0. The van der Waals surface area contributed by atoms with E-state index in [1.165, 1.54) is 64.2 Å². The van der Waals surface area contributed by atoms with Crippen LogP contribution in [0.2, 0.25) is 0 Å². The van der Waals surface area contributed by atoms with Crippen LogP contribution < -0.4 is 0 Å². The van der Waals surface area contributed by atoms with Gasteiger partial charge < -0.3 is 0 Å². The van der Waals surface area contributed by atoms with Crippen molar-refractivity contribution < 1.29 is 8.78 Å². The van der Waals surface area contributed by atoms with Crippen molar-refractivity contribution >= 4 is 0 Å². The highest BCUT2D eigenvalue weighted by atomic mass is 19.3. The summed E-state index contributed by atoms with van der Waals surface area (Å²) in [6, 6.07) is 0. The van der Waals surface area contributed by atoms with E-state index >= 15 is 0 Å². The molecular formula is C18H30F2. The van der Waals surface area contributed by atoms with Crippen molar-refractivity contribution in [2.45, 2.75) is 84.0 Å². The third-order valence-electron chi connectivity index (χ3n) is 5.56. The fraction of sp³-hybridized carbons (Fsp3) is 0.889. The maximum absolute atomic E-state index is 12.4. The average molecular weight is 284 g/mol. The Morgan fingerprint density at radius 2 is 1.55 bits per heavy atom. The van der Waals surface area contributed by atoms with Gasteiger partial charge >= 0.3 is 0 Å². The predicted octanol–water partition coefficient (Wildman–Crippen LogP) is 6.71. The zero-order chi connectivity index (χ0) is 14.4. The molecule has 0 aliphatic heterocycles. The van der Waals surface area contributed by atoms with E-state index in [4.69, 9.17) is 0 Å². The lowest BCUT2D eigenvalue weighted by Crippen LogP contribution is -2.28. The van der Waals surface area contributed by atoms with Crippen molar-refractivity contribution in [1.29, 1.82) is 0 Å². The number of rotatable bonds is 7. The maximum Gasteiger partial charge on any atom is 0.269 e. The highest BCUT2D eigenvalue weighted by Gasteiger charge is 2.35. The lowest BCUT2D eigenvalue weighted by molar-refractivity contribution is 0.161. The first-order chi connectivity index (χ1) is 9.70. The Bertz CT molecular complexity index is 301. The van der Waals surface area contributed by atoms with Gasteiger partial charge in [0.1, 0.15) is 0 Å². The molecule has 0 N–H and O–H groups in total. The Morgan fingerprint density at radius 1 is 0.900 bits per heavy atom. The van der Waals surface area contributed by atoms with Gasteiger partial charge in [0.2, 0.25) is 0 Å². The first kappa shape index (κ1) is 16.0. The summed E-state index contributed by atoms with van der Waals surface area (Å²) < 4.78 is 24.8. The molecule has 0 aromatic carbocycles. The van der Waals surface area contributed by atoms with Crippen molar-refractivity contribution in [2.24, 2.45) is 17.8 Å². The summed E-state index contributed by atoms with van der Waals surface area (Å²) in [5, 5.41) is 0. The monoisotopic (exact) mass is 284 g/mol. The number of allylic oxidation sites excluding steroid dienone is 1. The third-order valence-corrected chi connectivity index (χ3v) is 5.56. The first-order valence-electron chi connectivity index (χ1n) is 8.73. The zero-order valence-electron chi connectivity index (χ0n) is 13.0. The summed E-state index contributed by atoms with van der Waals surface area (Å²) >= 11 is 0. The molecule has 0 aromatic rings. The van der Waals surface area contributed by atoms with Crippen LogP contribution in [0.15, 0.2) is 11.7 Å². The molecule has 0 atom stereocenters. The maximum atomic E-state index is 12.4. The molecule has 2 fully saturated rings. The van der Waals surface area contributed by atoms with Crippen LogP contribution in [0.3, 0.4) is 0 Å². The van der Waals surface area contributed by atoms with E-state index in [2.05, 4.69) is 6.92 Å². The minimum absolute atomic E-state index is 0.438. The van der Waals surface area contributed by atoms with Crippen molar-refractivity contribution in [3.63, 3.8) is 0 Å². The van der Waals surface area contributed by atoms with Gasteiger partial charge in [-0.1, -0.05) is 58.3 Å². The molecule has 2 heteroatoms. The Kier molecular flexibility index (Phi) is 6.51. The van der Waals surface area contributed by atoms with E-state index in [-0.39, 0.29) is 0 Å². The molecule has 0 aromatic heterocycles. The smallest absolute Gasteiger partial charge is 0.173 e. The van der Waals surface area contributed by atoms with Crippen LogP contribution in [0.1, 0.15) is 84.0 Å². The van der Waals surface area contributed by atoms with Crippen LogP contribution in [0, 0.1) is 17.8 Å². The number of unbranched alkanes of at least 4 members (excludes halogenated alkanes) is 4. The van der Waals surface area contributed by atoms with Gasteiger partial charge in [0.05, 0.1) is 0 Å². The van der Waals surface area contributed by atoms with Crippen LogP contribution >= 0.6 is 0 Å². The fourth-order valence-electron chi connectivity index (χ4n) is 4.05. The molecule has 0 heterocycles. The van der Waals surface area contributed by atoms with Crippen LogP contribution in [0.5, 0.6) is 0 Å². The van der Waals surface area contributed by atoms with E-state index in [0.717, 1.165) is 11.8 Å². The minimum Gasteiger partial charge on any atom is -0.173 e. The van der Waals surface area contributed by atoms with Crippen molar-refractivity contribution in [3.8, 4) is 0 Å². The van der Waals surface area contributed by atoms with Crippen LogP contribution in [-0.4, -0.2) is 0 Å². The van der Waals surface area contributed by atoms with Crippen molar-refractivity contribution in [1.82, 2.24) is 0 Å². The van der Waals surface area contributed by atoms with Gasteiger partial charge in [-0.05, 0) is 49.0 Å². The topological polar surface area (TPSA) is 0 Å². The molecule has 2 saturated carbocycles. The zero-order valence-corrected chi connectivity index (χ0v) is 13.0. The fourth-order valence-corrected chi connectivity index (χ4v) is 4.05. The third kappa shape index (κ3) is 4.56. The van der Waals surface area contributed by atoms with Gasteiger partial charge in [-0.25, -0.2) is 0 Å². The van der Waals surface area contributed by atoms with Crippen molar-refractivity contribution in [2.75, 3.05) is 0 Å². The minimum atomic E-state index is -1.40. The van der Waals surface area contributed by atoms with Gasteiger partial charge in [0.15, 0.2) is 0 Å². The second-order valence-electron chi connectivity index (χ2n) is 7.02. The lowest BCUT2D eigenvalue weighted by Gasteiger charge is -2.39. The predicted molar refractivity (Wildman–Crippen MR) is 80.8 cm³/mol. The first-order valence-corrected chi connectivity index (χ1v) is 8.73. The van der Waals surface area contributed by atoms with E-state index in [9.17, 15) is 8.78 Å². The molecule has 116 valence electrons. The van der Waals surface area contributed by atoms with Gasteiger partial charge in [-0.3, -0.25) is 0 Å². The molecule has 0 radical (unpaired) electrons. The lowest BCUT2D eigenvalue weighted by atomic mass is 9.66. The Morgan fingerprint density at radius 3 is 2.15 bits per heavy atom. The number of hydrogen-bond acceptors (Lipinski definition) is 0. The summed E-state index contributed by atoms with van der Waals surface area (Å²) in [7, 11) is 0. The molecule has 2 aliphatic rings. The Labute approximate surface area is 123 Å². The largest absolute Gasteiger partial charge is 0.269 e. The van der Waals surface area contributed by atoms with Gasteiger partial charge in [0.25, 0.3) is 6.08 Å². The summed E-state index contributed by atoms with van der Waals surface area (Å²) in [5.74, 6) is 2.26. The molecule has 0 saturated heterocycles. The molecule has 2 aliphatic carbocycles. The van der Waals surface area contributed by atoms with Gasteiger partial charge in [0, 0.05) is 0 Å². The molecular weight excluding hydrogens is 254 g/mol. The van der Waals surface area contributed by atoms with Crippen LogP contribution in [0.4, 0.5) is 8.78 Å². The Balaban J connectivity index is 1.56. The van der Waals surface area contributed by atoms with Crippen LogP contribution in [-0.2, 0) is 0 Å². The van der Waals surface area contributed by atoms with Crippen LogP contribution in [0.25, 0.3) is 0 Å². The molecule has 0 bridgehead atoms. The molecule has 20 heavy (non-hydrogen) atoms. The second-order valence-corrected chi connectivity index (χ2v) is 7.02. The van der Waals surface area contributed by atoms with E-state index in [0.29, 0.717) is 24.3 Å². The van der Waals surface area contributed by atoms with E-state index in [1.807, 2.05) is 0 Å². The van der Waals surface area contributed by atoms with Crippen molar-refractivity contribution in [3.05, 3.63) is 11.7 Å². The number of halogens is 2. The summed E-state index contributed by atoms with van der Waals surface area (Å²) in [5.41, 5.74) is 0.438. The SMILES string of the molecule is CCCCCCCC1CCC(C2CC(=C(F)F)C2)CC1. The normalized spacial score (nSPS) is 30.1. The second kappa shape index (κ2) is 8.14. The molecule has 0 spiro atoms. The standard InChI is InChI=1S/C18H30F2/c1-2-3-4-5-6-7-14-8-10-15(11-9-14)16-12-17(13-16)18(19)20/h14-16H,2-13H2,1H3. The van der Waals surface area contributed by atoms with E-state index < -0.39 is 6.08 Å². The van der Waals surface area contributed by atoms with Gasteiger partial charge in [-0.15, -0.1) is 0 Å². The highest BCUT2D eigenvalue weighted by Crippen LogP contribution is 2.47. The molecule has 0 amide bonds. The number of hydrogen-bond donors (Lipinski definition) is 0. The summed E-state index contributed by atoms with van der Waals surface area (Å²) in [6.07, 6.45) is 13.6.